The van der Waals surface area contributed by atoms with Crippen molar-refractivity contribution in [2.24, 2.45) is 0 Å². The second-order valence-electron chi connectivity index (χ2n) is 5.63. The summed E-state index contributed by atoms with van der Waals surface area (Å²) < 4.78 is 5.21. The largest absolute Gasteiger partial charge is 0.481 e. The van der Waals surface area contributed by atoms with E-state index in [0.717, 1.165) is 6.54 Å². The van der Waals surface area contributed by atoms with Gasteiger partial charge in [0.1, 0.15) is 0 Å². The van der Waals surface area contributed by atoms with E-state index in [-0.39, 0.29) is 0 Å². The molecular formula is C16H27N3O. The molecule has 1 heterocycles. The Morgan fingerprint density at radius 3 is 2.75 bits per heavy atom. The fourth-order valence-corrected chi connectivity index (χ4v) is 2.96. The van der Waals surface area contributed by atoms with Crippen LogP contribution < -0.4 is 15.0 Å². The quantitative estimate of drug-likeness (QED) is 0.867. The van der Waals surface area contributed by atoms with Crippen molar-refractivity contribution in [3.8, 4) is 5.88 Å². The van der Waals surface area contributed by atoms with Crippen LogP contribution in [0.3, 0.4) is 0 Å². The molecule has 0 spiro atoms. The summed E-state index contributed by atoms with van der Waals surface area (Å²) in [6.07, 6.45) is 8.09. The van der Waals surface area contributed by atoms with Crippen LogP contribution in [0, 0.1) is 0 Å². The standard InChI is InChI=1S/C16H27N3O/c1-4-10-17-13-5-7-14(8-6-13)19(2)15-9-11-18-16(12-15)20-3/h9,11-14,17H,4-8,10H2,1-3H3. The maximum Gasteiger partial charge on any atom is 0.214 e. The van der Waals surface area contributed by atoms with Crippen molar-refractivity contribution in [3.63, 3.8) is 0 Å². The zero-order valence-electron chi connectivity index (χ0n) is 12.9. The molecule has 0 unspecified atom stereocenters. The van der Waals surface area contributed by atoms with Crippen LogP contribution in [0.1, 0.15) is 39.0 Å². The van der Waals surface area contributed by atoms with Crippen molar-refractivity contribution >= 4 is 5.69 Å². The van der Waals surface area contributed by atoms with Gasteiger partial charge in [-0.2, -0.15) is 0 Å². The number of nitrogens with one attached hydrogen (secondary N) is 1. The summed E-state index contributed by atoms with van der Waals surface area (Å²) in [4.78, 5) is 6.55. The zero-order valence-corrected chi connectivity index (χ0v) is 12.9. The second-order valence-corrected chi connectivity index (χ2v) is 5.63. The van der Waals surface area contributed by atoms with Gasteiger partial charge < -0.3 is 15.0 Å². The molecule has 1 aromatic rings. The van der Waals surface area contributed by atoms with Crippen molar-refractivity contribution in [3.05, 3.63) is 18.3 Å². The molecule has 4 nitrogen and oxygen atoms in total. The number of ether oxygens (including phenoxy) is 1. The van der Waals surface area contributed by atoms with Crippen molar-refractivity contribution in [1.82, 2.24) is 10.3 Å². The smallest absolute Gasteiger partial charge is 0.214 e. The molecule has 0 radical (unpaired) electrons. The molecule has 0 aromatic carbocycles. The van der Waals surface area contributed by atoms with E-state index in [4.69, 9.17) is 4.74 Å². The lowest BCUT2D eigenvalue weighted by molar-refractivity contribution is 0.337. The zero-order chi connectivity index (χ0) is 14.4. The lowest BCUT2D eigenvalue weighted by atomic mass is 9.90. The van der Waals surface area contributed by atoms with Gasteiger partial charge in [0, 0.05) is 37.1 Å². The molecule has 2 rings (SSSR count). The lowest BCUT2D eigenvalue weighted by Crippen LogP contribution is -2.41. The Bertz CT molecular complexity index is 402. The molecule has 0 atom stereocenters. The highest BCUT2D eigenvalue weighted by Crippen LogP contribution is 2.27. The van der Waals surface area contributed by atoms with Crippen molar-refractivity contribution < 1.29 is 4.74 Å². The predicted octanol–water partition coefficient (Wildman–Crippen LogP) is 2.84. The maximum atomic E-state index is 5.21. The fraction of sp³-hybridized carbons (Fsp3) is 0.688. The van der Waals surface area contributed by atoms with Gasteiger partial charge in [0.2, 0.25) is 5.88 Å². The Kier molecular flexibility index (Phi) is 5.65. The molecule has 1 saturated carbocycles. The van der Waals surface area contributed by atoms with Crippen molar-refractivity contribution in [2.45, 2.75) is 51.1 Å². The summed E-state index contributed by atoms with van der Waals surface area (Å²) in [5.74, 6) is 0.688. The topological polar surface area (TPSA) is 37.4 Å². The van der Waals surface area contributed by atoms with E-state index in [1.165, 1.54) is 37.8 Å². The van der Waals surface area contributed by atoms with E-state index in [1.54, 1.807) is 7.11 Å². The van der Waals surface area contributed by atoms with E-state index in [1.807, 2.05) is 12.3 Å². The number of anilines is 1. The maximum absolute atomic E-state index is 5.21. The molecule has 4 heteroatoms. The number of hydrogen-bond donors (Lipinski definition) is 1. The average molecular weight is 277 g/mol. The Balaban J connectivity index is 1.89. The highest BCUT2D eigenvalue weighted by molar-refractivity contribution is 5.48. The third kappa shape index (κ3) is 3.85. The van der Waals surface area contributed by atoms with Gasteiger partial charge in [-0.3, -0.25) is 0 Å². The molecule has 0 amide bonds. The molecule has 112 valence electrons. The second kappa shape index (κ2) is 7.48. The third-order valence-electron chi connectivity index (χ3n) is 4.26. The summed E-state index contributed by atoms with van der Waals surface area (Å²) in [7, 11) is 3.84. The molecule has 1 fully saturated rings. The monoisotopic (exact) mass is 277 g/mol. The highest BCUT2D eigenvalue weighted by Gasteiger charge is 2.23. The molecule has 1 aromatic heterocycles. The SMILES string of the molecule is CCCNC1CCC(N(C)c2ccnc(OC)c2)CC1. The first kappa shape index (κ1) is 15.1. The van der Waals surface area contributed by atoms with Crippen LogP contribution in [-0.4, -0.2) is 37.8 Å². The Hall–Kier alpha value is -1.29. The van der Waals surface area contributed by atoms with Crippen LogP contribution in [0.15, 0.2) is 18.3 Å². The summed E-state index contributed by atoms with van der Waals surface area (Å²) in [5, 5.41) is 3.64. The van der Waals surface area contributed by atoms with Gasteiger partial charge >= 0.3 is 0 Å². The minimum Gasteiger partial charge on any atom is -0.481 e. The molecule has 1 aliphatic carbocycles. The first-order valence-electron chi connectivity index (χ1n) is 7.70. The molecule has 1 aliphatic rings. The predicted molar refractivity (Wildman–Crippen MR) is 83.5 cm³/mol. The normalized spacial score (nSPS) is 22.6. The van der Waals surface area contributed by atoms with Gasteiger partial charge in [0.05, 0.1) is 7.11 Å². The van der Waals surface area contributed by atoms with E-state index < -0.39 is 0 Å². The van der Waals surface area contributed by atoms with Crippen LogP contribution in [0.5, 0.6) is 5.88 Å². The molecule has 0 aliphatic heterocycles. The summed E-state index contributed by atoms with van der Waals surface area (Å²) in [6.45, 7) is 3.37. The average Bonchev–Trinajstić information content (AvgIpc) is 2.52. The highest BCUT2D eigenvalue weighted by atomic mass is 16.5. The molecular weight excluding hydrogens is 250 g/mol. The Labute approximate surface area is 122 Å². The van der Waals surface area contributed by atoms with Crippen LogP contribution in [0.2, 0.25) is 0 Å². The van der Waals surface area contributed by atoms with E-state index in [9.17, 15) is 0 Å². The van der Waals surface area contributed by atoms with Crippen LogP contribution in [-0.2, 0) is 0 Å². The van der Waals surface area contributed by atoms with Crippen molar-refractivity contribution in [2.75, 3.05) is 25.6 Å². The lowest BCUT2D eigenvalue weighted by Gasteiger charge is -2.36. The first-order chi connectivity index (χ1) is 9.74. The summed E-state index contributed by atoms with van der Waals surface area (Å²) >= 11 is 0. The van der Waals surface area contributed by atoms with Gasteiger partial charge in [-0.15, -0.1) is 0 Å². The van der Waals surface area contributed by atoms with Gasteiger partial charge in [-0.25, -0.2) is 4.98 Å². The number of hydrogen-bond acceptors (Lipinski definition) is 4. The third-order valence-corrected chi connectivity index (χ3v) is 4.26. The number of nitrogens with zero attached hydrogens (tertiary/aromatic N) is 2. The van der Waals surface area contributed by atoms with E-state index in [0.29, 0.717) is 18.0 Å². The number of pyridine rings is 1. The minimum atomic E-state index is 0.627. The van der Waals surface area contributed by atoms with Crippen LogP contribution in [0.25, 0.3) is 0 Å². The van der Waals surface area contributed by atoms with Gasteiger partial charge in [-0.1, -0.05) is 6.92 Å². The van der Waals surface area contributed by atoms with Gasteiger partial charge in [0.25, 0.3) is 0 Å². The number of methoxy groups -OCH3 is 1. The van der Waals surface area contributed by atoms with E-state index >= 15 is 0 Å². The Morgan fingerprint density at radius 1 is 1.35 bits per heavy atom. The van der Waals surface area contributed by atoms with E-state index in [2.05, 4.69) is 35.2 Å². The van der Waals surface area contributed by atoms with Crippen LogP contribution >= 0.6 is 0 Å². The van der Waals surface area contributed by atoms with Gasteiger partial charge in [-0.05, 0) is 44.7 Å². The molecule has 20 heavy (non-hydrogen) atoms. The number of rotatable bonds is 6. The first-order valence-corrected chi connectivity index (χ1v) is 7.70. The number of aromatic nitrogens is 1. The fourth-order valence-electron chi connectivity index (χ4n) is 2.96. The molecule has 1 N–H and O–H groups in total. The molecule has 0 bridgehead atoms. The summed E-state index contributed by atoms with van der Waals surface area (Å²) in [5.41, 5.74) is 1.20. The minimum absolute atomic E-state index is 0.627. The van der Waals surface area contributed by atoms with Gasteiger partial charge in [0.15, 0.2) is 0 Å². The summed E-state index contributed by atoms with van der Waals surface area (Å²) in [6, 6.07) is 5.42. The Morgan fingerprint density at radius 2 is 2.10 bits per heavy atom. The van der Waals surface area contributed by atoms with Crippen LogP contribution in [0.4, 0.5) is 5.69 Å². The molecule has 0 saturated heterocycles. The van der Waals surface area contributed by atoms with Crippen molar-refractivity contribution in [1.29, 1.82) is 0 Å².